The molecule has 0 heterocycles. The Morgan fingerprint density at radius 1 is 1.40 bits per heavy atom. The number of amides is 1. The summed E-state index contributed by atoms with van der Waals surface area (Å²) in [5.41, 5.74) is 1.29. The smallest absolute Gasteiger partial charge is 0.223 e. The minimum absolute atomic E-state index is 0.234. The first-order chi connectivity index (χ1) is 7.27. The van der Waals surface area contributed by atoms with Gasteiger partial charge in [-0.05, 0) is 24.3 Å². The van der Waals surface area contributed by atoms with Crippen molar-refractivity contribution >= 4 is 5.91 Å². The van der Waals surface area contributed by atoms with E-state index in [0.717, 1.165) is 19.4 Å². The molecule has 1 aliphatic rings. The molecule has 1 saturated carbocycles. The molecule has 15 heavy (non-hydrogen) atoms. The molecule has 80 valence electrons. The molecular weight excluding hydrogens is 186 g/mol. The fourth-order valence-electron chi connectivity index (χ4n) is 1.64. The molecular formula is C13H17NO. The van der Waals surface area contributed by atoms with Crippen LogP contribution in [0.25, 0.3) is 0 Å². The molecule has 0 radical (unpaired) electrons. The highest BCUT2D eigenvalue weighted by molar-refractivity contribution is 5.80. The number of benzene rings is 1. The van der Waals surface area contributed by atoms with Crippen LogP contribution in [0.5, 0.6) is 0 Å². The molecule has 1 fully saturated rings. The van der Waals surface area contributed by atoms with E-state index in [1.54, 1.807) is 0 Å². The van der Waals surface area contributed by atoms with Crippen molar-refractivity contribution in [3.63, 3.8) is 0 Å². The van der Waals surface area contributed by atoms with Crippen LogP contribution in [0, 0.1) is 5.92 Å². The predicted octanol–water partition coefficient (Wildman–Crippen LogP) is 2.32. The van der Waals surface area contributed by atoms with Crippen molar-refractivity contribution in [2.45, 2.75) is 25.7 Å². The first-order valence-corrected chi connectivity index (χ1v) is 5.60. The summed E-state index contributed by atoms with van der Waals surface area (Å²) < 4.78 is 0. The highest BCUT2D eigenvalue weighted by atomic mass is 16.2. The second kappa shape index (κ2) is 4.47. The van der Waals surface area contributed by atoms with Crippen LogP contribution in [0.2, 0.25) is 0 Å². The minimum Gasteiger partial charge on any atom is -0.355 e. The fraction of sp³-hybridized carbons (Fsp3) is 0.462. The van der Waals surface area contributed by atoms with E-state index in [9.17, 15) is 4.79 Å². The Morgan fingerprint density at radius 2 is 2.07 bits per heavy atom. The third kappa shape index (κ3) is 2.82. The predicted molar refractivity (Wildman–Crippen MR) is 60.6 cm³/mol. The van der Waals surface area contributed by atoms with Gasteiger partial charge in [0.05, 0.1) is 0 Å². The van der Waals surface area contributed by atoms with Gasteiger partial charge in [0.1, 0.15) is 0 Å². The zero-order valence-electron chi connectivity index (χ0n) is 9.07. The zero-order valence-corrected chi connectivity index (χ0v) is 9.07. The molecule has 1 aromatic carbocycles. The first kappa shape index (κ1) is 10.2. The van der Waals surface area contributed by atoms with Gasteiger partial charge in [-0.2, -0.15) is 0 Å². The summed E-state index contributed by atoms with van der Waals surface area (Å²) in [7, 11) is 0. The molecule has 0 bridgehead atoms. The summed E-state index contributed by atoms with van der Waals surface area (Å²) in [5, 5.41) is 3.00. The van der Waals surface area contributed by atoms with Crippen molar-refractivity contribution < 1.29 is 4.79 Å². The summed E-state index contributed by atoms with van der Waals surface area (Å²) in [6, 6.07) is 10.3. The second-order valence-electron chi connectivity index (χ2n) is 4.33. The molecule has 0 aromatic heterocycles. The van der Waals surface area contributed by atoms with Crippen molar-refractivity contribution in [1.82, 2.24) is 5.32 Å². The zero-order chi connectivity index (χ0) is 10.7. The maximum Gasteiger partial charge on any atom is 0.223 e. The Morgan fingerprint density at radius 3 is 2.67 bits per heavy atom. The molecule has 1 N–H and O–H groups in total. The van der Waals surface area contributed by atoms with E-state index < -0.39 is 0 Å². The maximum atomic E-state index is 11.4. The Kier molecular flexibility index (Phi) is 3.05. The lowest BCUT2D eigenvalue weighted by atomic mass is 10.0. The lowest BCUT2D eigenvalue weighted by Crippen LogP contribution is -2.28. The second-order valence-corrected chi connectivity index (χ2v) is 4.33. The molecule has 0 aliphatic heterocycles. The number of nitrogens with one attached hydrogen (secondary N) is 1. The van der Waals surface area contributed by atoms with E-state index >= 15 is 0 Å². The van der Waals surface area contributed by atoms with Gasteiger partial charge >= 0.3 is 0 Å². The Labute approximate surface area is 90.7 Å². The standard InChI is InChI=1S/C13H17NO/c1-10(11-5-3-2-4-6-11)9-14-13(15)12-7-8-12/h2-6,10,12H,7-9H2,1H3,(H,14,15). The summed E-state index contributed by atoms with van der Waals surface area (Å²) in [5.74, 6) is 0.944. The molecule has 2 nitrogen and oxygen atoms in total. The molecule has 1 aromatic rings. The lowest BCUT2D eigenvalue weighted by molar-refractivity contribution is -0.122. The van der Waals surface area contributed by atoms with Crippen molar-refractivity contribution in [2.24, 2.45) is 5.92 Å². The average molecular weight is 203 g/mol. The molecule has 1 amide bonds. The summed E-state index contributed by atoms with van der Waals surface area (Å²) >= 11 is 0. The number of hydrogen-bond donors (Lipinski definition) is 1. The fourth-order valence-corrected chi connectivity index (χ4v) is 1.64. The van der Waals surface area contributed by atoms with Crippen molar-refractivity contribution in [2.75, 3.05) is 6.54 Å². The molecule has 1 unspecified atom stereocenters. The van der Waals surface area contributed by atoms with Gasteiger partial charge in [0.15, 0.2) is 0 Å². The minimum atomic E-state index is 0.234. The molecule has 2 heteroatoms. The van der Waals surface area contributed by atoms with Gasteiger partial charge in [-0.15, -0.1) is 0 Å². The van der Waals surface area contributed by atoms with Crippen LogP contribution in [0.4, 0.5) is 0 Å². The van der Waals surface area contributed by atoms with E-state index in [1.807, 2.05) is 18.2 Å². The Bertz CT molecular complexity index is 330. The van der Waals surface area contributed by atoms with Crippen molar-refractivity contribution in [3.05, 3.63) is 35.9 Å². The third-order valence-electron chi connectivity index (χ3n) is 2.90. The summed E-state index contributed by atoms with van der Waals surface area (Å²) in [4.78, 5) is 11.4. The van der Waals surface area contributed by atoms with Gasteiger partial charge in [-0.3, -0.25) is 4.79 Å². The van der Waals surface area contributed by atoms with Crippen LogP contribution >= 0.6 is 0 Å². The Balaban J connectivity index is 1.81. The van der Waals surface area contributed by atoms with E-state index in [2.05, 4.69) is 24.4 Å². The van der Waals surface area contributed by atoms with Crippen LogP contribution < -0.4 is 5.32 Å². The molecule has 1 atom stereocenters. The number of carbonyl (C=O) groups is 1. The molecule has 0 spiro atoms. The van der Waals surface area contributed by atoms with Crippen LogP contribution in [0.15, 0.2) is 30.3 Å². The van der Waals surface area contributed by atoms with Crippen LogP contribution in [-0.4, -0.2) is 12.5 Å². The number of carbonyl (C=O) groups excluding carboxylic acids is 1. The highest BCUT2D eigenvalue weighted by Crippen LogP contribution is 2.28. The topological polar surface area (TPSA) is 29.1 Å². The SMILES string of the molecule is CC(CNC(=O)C1CC1)c1ccccc1. The number of rotatable bonds is 4. The summed E-state index contributed by atoms with van der Waals surface area (Å²) in [6.45, 7) is 2.89. The summed E-state index contributed by atoms with van der Waals surface area (Å²) in [6.07, 6.45) is 2.15. The lowest BCUT2D eigenvalue weighted by Gasteiger charge is -2.12. The van der Waals surface area contributed by atoms with Gasteiger partial charge in [-0.25, -0.2) is 0 Å². The van der Waals surface area contributed by atoms with Crippen molar-refractivity contribution in [1.29, 1.82) is 0 Å². The van der Waals surface area contributed by atoms with Gasteiger partial charge < -0.3 is 5.32 Å². The van der Waals surface area contributed by atoms with E-state index in [0.29, 0.717) is 11.8 Å². The van der Waals surface area contributed by atoms with Gasteiger partial charge in [0, 0.05) is 12.5 Å². The largest absolute Gasteiger partial charge is 0.355 e. The molecule has 2 rings (SSSR count). The highest BCUT2D eigenvalue weighted by Gasteiger charge is 2.29. The van der Waals surface area contributed by atoms with Gasteiger partial charge in [0.25, 0.3) is 0 Å². The maximum absolute atomic E-state index is 11.4. The Hall–Kier alpha value is -1.31. The van der Waals surface area contributed by atoms with Gasteiger partial charge in [-0.1, -0.05) is 37.3 Å². The van der Waals surface area contributed by atoms with E-state index in [4.69, 9.17) is 0 Å². The molecule has 0 saturated heterocycles. The first-order valence-electron chi connectivity index (χ1n) is 5.60. The van der Waals surface area contributed by atoms with E-state index in [1.165, 1.54) is 5.56 Å². The van der Waals surface area contributed by atoms with Crippen LogP contribution in [-0.2, 0) is 4.79 Å². The monoisotopic (exact) mass is 203 g/mol. The third-order valence-corrected chi connectivity index (χ3v) is 2.90. The normalized spacial score (nSPS) is 17.1. The van der Waals surface area contributed by atoms with Crippen molar-refractivity contribution in [3.8, 4) is 0 Å². The quantitative estimate of drug-likeness (QED) is 0.799. The van der Waals surface area contributed by atoms with E-state index in [-0.39, 0.29) is 5.91 Å². The van der Waals surface area contributed by atoms with Crippen LogP contribution in [0.1, 0.15) is 31.2 Å². The van der Waals surface area contributed by atoms with Crippen LogP contribution in [0.3, 0.4) is 0 Å². The average Bonchev–Trinajstić information content (AvgIpc) is 3.10. The van der Waals surface area contributed by atoms with Gasteiger partial charge in [0.2, 0.25) is 5.91 Å². The molecule has 1 aliphatic carbocycles. The number of hydrogen-bond acceptors (Lipinski definition) is 1.